The third-order valence-corrected chi connectivity index (χ3v) is 4.86. The Morgan fingerprint density at radius 3 is 2.88 bits per heavy atom. The van der Waals surface area contributed by atoms with Crippen LogP contribution in [-0.2, 0) is 9.59 Å². The molecule has 10 nitrogen and oxygen atoms in total. The minimum atomic E-state index is -0.609. The van der Waals surface area contributed by atoms with Crippen molar-refractivity contribution in [2.24, 2.45) is 5.10 Å². The van der Waals surface area contributed by atoms with Gasteiger partial charge in [0.15, 0.2) is 5.50 Å². The lowest BCUT2D eigenvalue weighted by Gasteiger charge is -2.41. The predicted molar refractivity (Wildman–Crippen MR) is 95.7 cm³/mol. The third kappa shape index (κ3) is 4.00. The first-order valence-corrected chi connectivity index (χ1v) is 8.72. The number of rotatable bonds is 4. The van der Waals surface area contributed by atoms with E-state index >= 15 is 0 Å². The van der Waals surface area contributed by atoms with Crippen LogP contribution in [0.15, 0.2) is 41.1 Å². The van der Waals surface area contributed by atoms with Crippen LogP contribution in [0.5, 0.6) is 0 Å². The lowest BCUT2D eigenvalue weighted by molar-refractivity contribution is -0.384. The number of nitro groups is 1. The molecular weight excluding hydrogens is 360 g/mol. The van der Waals surface area contributed by atoms with Gasteiger partial charge in [0.1, 0.15) is 6.04 Å². The zero-order chi connectivity index (χ0) is 18.7. The molecule has 0 radical (unpaired) electrons. The van der Waals surface area contributed by atoms with E-state index in [9.17, 15) is 19.7 Å². The van der Waals surface area contributed by atoms with Crippen LogP contribution in [-0.4, -0.2) is 45.3 Å². The number of nitrogens with one attached hydrogen (secondary N) is 3. The van der Waals surface area contributed by atoms with E-state index in [1.165, 1.54) is 53.3 Å². The maximum absolute atomic E-state index is 12.2. The number of amides is 2. The van der Waals surface area contributed by atoms with Crippen LogP contribution >= 0.6 is 11.8 Å². The molecule has 0 aliphatic carbocycles. The molecule has 1 saturated heterocycles. The van der Waals surface area contributed by atoms with Crippen molar-refractivity contribution in [2.45, 2.75) is 18.5 Å². The highest BCUT2D eigenvalue weighted by Crippen LogP contribution is 2.23. The number of carbonyl (C=O) groups is 2. The first-order valence-electron chi connectivity index (χ1n) is 7.67. The number of hydrazone groups is 1. The van der Waals surface area contributed by atoms with Crippen molar-refractivity contribution in [3.8, 4) is 0 Å². The number of fused-ring (bicyclic) bond motifs is 1. The molecule has 1 fully saturated rings. The number of hydrazine groups is 1. The average molecular weight is 376 g/mol. The van der Waals surface area contributed by atoms with Gasteiger partial charge in [-0.3, -0.25) is 19.7 Å². The highest BCUT2D eigenvalue weighted by molar-refractivity contribution is 7.99. The van der Waals surface area contributed by atoms with Crippen molar-refractivity contribution in [1.29, 1.82) is 0 Å². The molecule has 2 aliphatic rings. The Morgan fingerprint density at radius 1 is 1.46 bits per heavy atom. The Kier molecular flexibility index (Phi) is 5.19. The van der Waals surface area contributed by atoms with Crippen LogP contribution in [0, 0.1) is 10.1 Å². The monoisotopic (exact) mass is 376 g/mol. The van der Waals surface area contributed by atoms with Gasteiger partial charge < -0.3 is 5.32 Å². The van der Waals surface area contributed by atoms with Gasteiger partial charge in [-0.1, -0.05) is 0 Å². The summed E-state index contributed by atoms with van der Waals surface area (Å²) in [6.45, 7) is 1.81. The lowest BCUT2D eigenvalue weighted by atomic mass is 10.2. The highest BCUT2D eigenvalue weighted by Gasteiger charge is 2.36. The zero-order valence-corrected chi connectivity index (χ0v) is 14.5. The molecule has 0 spiro atoms. The Hall–Kier alpha value is -2.92. The molecule has 1 aromatic rings. The van der Waals surface area contributed by atoms with Crippen LogP contribution in [0.2, 0.25) is 0 Å². The molecule has 11 heteroatoms. The van der Waals surface area contributed by atoms with Gasteiger partial charge in [-0.05, 0) is 24.6 Å². The molecule has 136 valence electrons. The van der Waals surface area contributed by atoms with Gasteiger partial charge in [-0.15, -0.1) is 11.8 Å². The normalized spacial score (nSPS) is 22.4. The number of hydrogen-bond donors (Lipinski definition) is 3. The van der Waals surface area contributed by atoms with E-state index in [1.54, 1.807) is 0 Å². The van der Waals surface area contributed by atoms with Gasteiger partial charge in [-0.2, -0.15) is 5.10 Å². The maximum Gasteiger partial charge on any atom is 0.269 e. The van der Waals surface area contributed by atoms with Crippen molar-refractivity contribution in [3.63, 3.8) is 0 Å². The zero-order valence-electron chi connectivity index (χ0n) is 13.7. The topological polar surface area (TPSA) is 129 Å². The van der Waals surface area contributed by atoms with Gasteiger partial charge in [0, 0.05) is 29.7 Å². The smallest absolute Gasteiger partial charge is 0.269 e. The van der Waals surface area contributed by atoms with E-state index in [0.29, 0.717) is 11.3 Å². The molecular formula is C15H16N6O4S. The minimum absolute atomic E-state index is 0.0201. The number of non-ortho nitro benzene ring substituents is 1. The second-order valence-corrected chi connectivity index (χ2v) is 6.74. The number of nitro benzene ring substituents is 1. The standard InChI is InChI=1S/C15H16N6O4S/c1-9-6-13(22)20-15(17-9)26-8-12(19-20)14(23)18-16-7-10-2-4-11(5-3-10)21(24)25/h2-7,12,15,17,19H,8H2,1H3,(H,18,23). The summed E-state index contributed by atoms with van der Waals surface area (Å²) in [5.74, 6) is -0.132. The van der Waals surface area contributed by atoms with E-state index in [-0.39, 0.29) is 23.0 Å². The molecule has 0 aromatic heterocycles. The summed E-state index contributed by atoms with van der Waals surface area (Å²) in [4.78, 5) is 34.3. The SMILES string of the molecule is CC1=CC(=O)N2NC(C(=O)NN=Cc3ccc([N+](=O)[O-])cc3)CSC2N1. The van der Waals surface area contributed by atoms with Crippen molar-refractivity contribution >= 4 is 35.5 Å². The summed E-state index contributed by atoms with van der Waals surface area (Å²) in [5, 5.41) is 19.0. The Labute approximate surface area is 152 Å². The summed E-state index contributed by atoms with van der Waals surface area (Å²) in [6.07, 6.45) is 2.84. The molecule has 0 bridgehead atoms. The summed E-state index contributed by atoms with van der Waals surface area (Å²) < 4.78 is 0. The Morgan fingerprint density at radius 2 is 2.19 bits per heavy atom. The molecule has 1 aromatic carbocycles. The minimum Gasteiger partial charge on any atom is -0.359 e. The molecule has 2 amide bonds. The largest absolute Gasteiger partial charge is 0.359 e. The fraction of sp³-hybridized carbons (Fsp3) is 0.267. The first kappa shape index (κ1) is 17.9. The molecule has 3 rings (SSSR count). The van der Waals surface area contributed by atoms with Gasteiger partial charge in [0.25, 0.3) is 17.5 Å². The number of benzene rings is 1. The second kappa shape index (κ2) is 7.54. The first-order chi connectivity index (χ1) is 12.4. The summed E-state index contributed by atoms with van der Waals surface area (Å²) >= 11 is 1.44. The van der Waals surface area contributed by atoms with Crippen molar-refractivity contribution < 1.29 is 14.5 Å². The van der Waals surface area contributed by atoms with Gasteiger partial charge in [0.05, 0.1) is 11.1 Å². The number of allylic oxidation sites excluding steroid dienone is 1. The highest BCUT2D eigenvalue weighted by atomic mass is 32.2. The van der Waals surface area contributed by atoms with Crippen molar-refractivity contribution in [2.75, 3.05) is 5.75 Å². The number of hydrogen-bond acceptors (Lipinski definition) is 8. The Balaban J connectivity index is 1.55. The molecule has 2 heterocycles. The van der Waals surface area contributed by atoms with Crippen LogP contribution < -0.4 is 16.2 Å². The maximum atomic E-state index is 12.2. The molecule has 3 N–H and O–H groups in total. The number of carbonyl (C=O) groups excluding carboxylic acids is 2. The number of thioether (sulfide) groups is 1. The average Bonchev–Trinajstić information content (AvgIpc) is 2.61. The van der Waals surface area contributed by atoms with E-state index in [2.05, 4.69) is 21.3 Å². The third-order valence-electron chi connectivity index (χ3n) is 3.69. The van der Waals surface area contributed by atoms with E-state index in [0.717, 1.165) is 5.70 Å². The summed E-state index contributed by atoms with van der Waals surface area (Å²) in [6, 6.07) is 5.16. The quantitative estimate of drug-likeness (QED) is 0.391. The van der Waals surface area contributed by atoms with Crippen LogP contribution in [0.3, 0.4) is 0 Å². The number of nitrogens with zero attached hydrogens (tertiary/aromatic N) is 3. The van der Waals surface area contributed by atoms with Crippen molar-refractivity contribution in [3.05, 3.63) is 51.7 Å². The predicted octanol–water partition coefficient (Wildman–Crippen LogP) is 0.284. The molecule has 2 unspecified atom stereocenters. The van der Waals surface area contributed by atoms with Crippen molar-refractivity contribution in [1.82, 2.24) is 21.2 Å². The van der Waals surface area contributed by atoms with Gasteiger partial charge in [0.2, 0.25) is 0 Å². The van der Waals surface area contributed by atoms with Crippen LogP contribution in [0.4, 0.5) is 5.69 Å². The molecule has 2 atom stereocenters. The van der Waals surface area contributed by atoms with Gasteiger partial charge >= 0.3 is 0 Å². The van der Waals surface area contributed by atoms with E-state index < -0.39 is 11.0 Å². The fourth-order valence-corrected chi connectivity index (χ4v) is 3.56. The van der Waals surface area contributed by atoms with Crippen LogP contribution in [0.25, 0.3) is 0 Å². The fourth-order valence-electron chi connectivity index (χ4n) is 2.38. The Bertz CT molecular complexity index is 794. The second-order valence-electron chi connectivity index (χ2n) is 5.63. The molecule has 2 aliphatic heterocycles. The molecule has 26 heavy (non-hydrogen) atoms. The van der Waals surface area contributed by atoms with Gasteiger partial charge in [-0.25, -0.2) is 15.9 Å². The van der Waals surface area contributed by atoms with Crippen LogP contribution in [0.1, 0.15) is 12.5 Å². The lowest BCUT2D eigenvalue weighted by Crippen LogP contribution is -2.65. The van der Waals surface area contributed by atoms with E-state index in [4.69, 9.17) is 0 Å². The van der Waals surface area contributed by atoms with E-state index in [1.807, 2.05) is 6.92 Å². The summed E-state index contributed by atoms with van der Waals surface area (Å²) in [5.41, 5.74) is 6.41. The molecule has 0 saturated carbocycles. The summed E-state index contributed by atoms with van der Waals surface area (Å²) in [7, 11) is 0.